The number of aromatic hydroxyl groups is 2. The molecule has 0 aliphatic heterocycles. The lowest BCUT2D eigenvalue weighted by atomic mass is 10.5. The standard InChI is InChI=1S/C6H4O2S/c1-2-3-4(2)6(8)9-5(3)7/h7-8H,1H2. The summed E-state index contributed by atoms with van der Waals surface area (Å²) in [4.78, 5) is 0. The van der Waals surface area contributed by atoms with Crippen LogP contribution in [0, 0.1) is 0 Å². The van der Waals surface area contributed by atoms with Gasteiger partial charge in [0.2, 0.25) is 0 Å². The van der Waals surface area contributed by atoms with Crippen molar-refractivity contribution in [1.29, 1.82) is 0 Å². The van der Waals surface area contributed by atoms with Crippen LogP contribution in [-0.2, 0) is 0 Å². The Hall–Kier alpha value is -0.960. The summed E-state index contributed by atoms with van der Waals surface area (Å²) in [6, 6.07) is 0. The van der Waals surface area contributed by atoms with Crippen molar-refractivity contribution in [1.82, 2.24) is 0 Å². The number of fused-ring (bicyclic) bond motifs is 1. The molecule has 0 radical (unpaired) electrons. The average Bonchev–Trinajstić information content (AvgIpc) is 2.30. The zero-order valence-electron chi connectivity index (χ0n) is 4.51. The van der Waals surface area contributed by atoms with Gasteiger partial charge in [0, 0.05) is 11.1 Å². The van der Waals surface area contributed by atoms with Gasteiger partial charge in [-0.2, -0.15) is 0 Å². The van der Waals surface area contributed by atoms with Crippen LogP contribution in [-0.4, -0.2) is 10.2 Å². The number of rotatable bonds is 0. The van der Waals surface area contributed by atoms with Gasteiger partial charge in [-0.1, -0.05) is 17.9 Å². The van der Waals surface area contributed by atoms with Gasteiger partial charge in [0.05, 0.1) is 0 Å². The number of hydrogen-bond donors (Lipinski definition) is 2. The molecule has 46 valence electrons. The summed E-state index contributed by atoms with van der Waals surface area (Å²) >= 11 is 0.992. The molecule has 1 aliphatic rings. The van der Waals surface area contributed by atoms with Gasteiger partial charge in [-0.25, -0.2) is 0 Å². The predicted octanol–water partition coefficient (Wildman–Crippen LogP) is 1.53. The molecular formula is C6H4O2S. The molecule has 0 saturated heterocycles. The van der Waals surface area contributed by atoms with Gasteiger partial charge in [-0.3, -0.25) is 0 Å². The van der Waals surface area contributed by atoms with E-state index >= 15 is 0 Å². The fourth-order valence-corrected chi connectivity index (χ4v) is 1.73. The van der Waals surface area contributed by atoms with Crippen LogP contribution in [0.2, 0.25) is 0 Å². The second-order valence-electron chi connectivity index (χ2n) is 1.94. The molecule has 2 nitrogen and oxygen atoms in total. The highest BCUT2D eigenvalue weighted by molar-refractivity contribution is 7.16. The molecule has 3 heteroatoms. The van der Waals surface area contributed by atoms with Crippen LogP contribution in [0.3, 0.4) is 0 Å². The van der Waals surface area contributed by atoms with Gasteiger partial charge in [0.15, 0.2) is 10.1 Å². The summed E-state index contributed by atoms with van der Waals surface area (Å²) < 4.78 is 0. The number of thiophene rings is 1. The summed E-state index contributed by atoms with van der Waals surface area (Å²) in [5, 5.41) is 18.3. The molecule has 2 rings (SSSR count). The van der Waals surface area contributed by atoms with Gasteiger partial charge >= 0.3 is 0 Å². The van der Waals surface area contributed by atoms with Crippen molar-refractivity contribution >= 4 is 16.9 Å². The zero-order valence-corrected chi connectivity index (χ0v) is 5.33. The molecule has 0 saturated carbocycles. The van der Waals surface area contributed by atoms with Crippen LogP contribution in [0.4, 0.5) is 0 Å². The minimum atomic E-state index is 0.188. The molecule has 1 aromatic rings. The predicted molar refractivity (Wildman–Crippen MR) is 35.8 cm³/mol. The van der Waals surface area contributed by atoms with Crippen molar-refractivity contribution in [3.8, 4) is 10.1 Å². The molecule has 1 heterocycles. The molecule has 0 spiro atoms. The third-order valence-electron chi connectivity index (χ3n) is 1.41. The fraction of sp³-hybridized carbons (Fsp3) is 0. The third-order valence-corrected chi connectivity index (χ3v) is 2.21. The summed E-state index contributed by atoms with van der Waals surface area (Å²) in [6.07, 6.45) is 0. The van der Waals surface area contributed by atoms with Gasteiger partial charge in [0.1, 0.15) is 0 Å². The largest absolute Gasteiger partial charge is 0.499 e. The topological polar surface area (TPSA) is 40.5 Å². The van der Waals surface area contributed by atoms with E-state index < -0.39 is 0 Å². The first kappa shape index (κ1) is 4.88. The van der Waals surface area contributed by atoms with Gasteiger partial charge in [-0.05, 0) is 5.57 Å². The lowest BCUT2D eigenvalue weighted by Gasteiger charge is -1.82. The fourth-order valence-electron chi connectivity index (χ4n) is 0.892. The monoisotopic (exact) mass is 140 g/mol. The second-order valence-corrected chi connectivity index (χ2v) is 2.92. The van der Waals surface area contributed by atoms with E-state index in [9.17, 15) is 0 Å². The first-order chi connectivity index (χ1) is 4.22. The van der Waals surface area contributed by atoms with E-state index in [1.54, 1.807) is 0 Å². The summed E-state index contributed by atoms with van der Waals surface area (Å²) in [5.41, 5.74) is 2.28. The normalized spacial score (nSPS) is 13.6. The smallest absolute Gasteiger partial charge is 0.183 e. The quantitative estimate of drug-likeness (QED) is 0.582. The molecule has 0 unspecified atom stereocenters. The van der Waals surface area contributed by atoms with E-state index in [0.717, 1.165) is 28.0 Å². The molecule has 0 aromatic carbocycles. The van der Waals surface area contributed by atoms with E-state index in [4.69, 9.17) is 10.2 Å². The zero-order chi connectivity index (χ0) is 6.59. The summed E-state index contributed by atoms with van der Waals surface area (Å²) in [5.74, 6) is 0. The maximum atomic E-state index is 8.96. The van der Waals surface area contributed by atoms with Gasteiger partial charge in [0.25, 0.3) is 0 Å². The first-order valence-corrected chi connectivity index (χ1v) is 3.28. The van der Waals surface area contributed by atoms with Crippen molar-refractivity contribution in [2.75, 3.05) is 0 Å². The molecule has 1 aromatic heterocycles. The minimum absolute atomic E-state index is 0.188. The maximum absolute atomic E-state index is 8.96. The van der Waals surface area contributed by atoms with Crippen molar-refractivity contribution in [2.45, 2.75) is 0 Å². The number of hydrogen-bond acceptors (Lipinski definition) is 3. The van der Waals surface area contributed by atoms with E-state index in [1.807, 2.05) is 0 Å². The van der Waals surface area contributed by atoms with Gasteiger partial charge in [-0.15, -0.1) is 0 Å². The Balaban J connectivity index is 2.75. The highest BCUT2D eigenvalue weighted by Gasteiger charge is 2.34. The Kier molecular flexibility index (Phi) is 0.615. The highest BCUT2D eigenvalue weighted by atomic mass is 32.1. The van der Waals surface area contributed by atoms with Crippen LogP contribution in [0.15, 0.2) is 6.58 Å². The van der Waals surface area contributed by atoms with Crippen molar-refractivity contribution in [3.05, 3.63) is 17.7 Å². The Morgan fingerprint density at radius 1 is 1.11 bits per heavy atom. The molecular weight excluding hydrogens is 136 g/mol. The van der Waals surface area contributed by atoms with Crippen molar-refractivity contribution in [3.63, 3.8) is 0 Å². The van der Waals surface area contributed by atoms with E-state index in [-0.39, 0.29) is 10.1 Å². The average molecular weight is 140 g/mol. The molecule has 9 heavy (non-hydrogen) atoms. The van der Waals surface area contributed by atoms with Crippen molar-refractivity contribution in [2.24, 2.45) is 0 Å². The third kappa shape index (κ3) is 0.404. The van der Waals surface area contributed by atoms with Gasteiger partial charge < -0.3 is 10.2 Å². The SMILES string of the molecule is C=C1c2c(O)sc(O)c21. The second kappa shape index (κ2) is 1.14. The van der Waals surface area contributed by atoms with E-state index in [2.05, 4.69) is 6.58 Å². The first-order valence-electron chi connectivity index (χ1n) is 2.46. The highest BCUT2D eigenvalue weighted by Crippen LogP contribution is 2.58. The molecule has 2 N–H and O–H groups in total. The van der Waals surface area contributed by atoms with E-state index in [0.29, 0.717) is 0 Å². The molecule has 0 fully saturated rings. The lowest BCUT2D eigenvalue weighted by Crippen LogP contribution is -1.51. The Labute approximate surface area is 55.7 Å². The van der Waals surface area contributed by atoms with Crippen molar-refractivity contribution < 1.29 is 10.2 Å². The van der Waals surface area contributed by atoms with E-state index in [1.165, 1.54) is 0 Å². The van der Waals surface area contributed by atoms with Crippen LogP contribution < -0.4 is 0 Å². The molecule has 0 bridgehead atoms. The van der Waals surface area contributed by atoms with Crippen LogP contribution in [0.1, 0.15) is 11.1 Å². The Bertz CT molecular complexity index is 272. The molecule has 0 amide bonds. The maximum Gasteiger partial charge on any atom is 0.183 e. The molecule has 0 atom stereocenters. The minimum Gasteiger partial charge on any atom is -0.499 e. The lowest BCUT2D eigenvalue weighted by molar-refractivity contribution is 0.486. The summed E-state index contributed by atoms with van der Waals surface area (Å²) in [6.45, 7) is 3.60. The van der Waals surface area contributed by atoms with Crippen LogP contribution in [0.25, 0.3) is 5.57 Å². The Morgan fingerprint density at radius 3 is 1.78 bits per heavy atom. The van der Waals surface area contributed by atoms with Crippen LogP contribution in [0.5, 0.6) is 10.1 Å². The molecule has 1 aliphatic carbocycles. The van der Waals surface area contributed by atoms with Crippen LogP contribution >= 0.6 is 11.3 Å². The summed E-state index contributed by atoms with van der Waals surface area (Å²) in [7, 11) is 0. The Morgan fingerprint density at radius 2 is 1.56 bits per heavy atom.